The number of nitrogens with zero attached hydrogens (tertiary/aromatic N) is 1. The van der Waals surface area contributed by atoms with Gasteiger partial charge in [-0.3, -0.25) is 4.79 Å². The summed E-state index contributed by atoms with van der Waals surface area (Å²) in [6, 6.07) is 13.0. The van der Waals surface area contributed by atoms with Gasteiger partial charge in [-0.15, -0.1) is 11.3 Å². The summed E-state index contributed by atoms with van der Waals surface area (Å²) < 4.78 is 10.6. The van der Waals surface area contributed by atoms with Gasteiger partial charge in [0.15, 0.2) is 16.6 Å². The van der Waals surface area contributed by atoms with Crippen LogP contribution >= 0.6 is 22.9 Å². The highest BCUT2D eigenvalue weighted by Crippen LogP contribution is 2.32. The lowest BCUT2D eigenvalue weighted by atomic mass is 10.2. The van der Waals surface area contributed by atoms with E-state index in [4.69, 9.17) is 21.1 Å². The van der Waals surface area contributed by atoms with Crippen LogP contribution < -0.4 is 20.1 Å². The Bertz CT molecular complexity index is 976. The Hall–Kier alpha value is -2.77. The molecule has 1 aliphatic rings. The van der Waals surface area contributed by atoms with Crippen molar-refractivity contribution >= 4 is 39.7 Å². The SMILES string of the molecule is O=C(Cc1csc(Nc2cccc(Cl)c2)n1)NCc1ccc2c(c1)OCO2. The van der Waals surface area contributed by atoms with Gasteiger partial charge in [0.2, 0.25) is 12.7 Å². The number of benzene rings is 2. The van der Waals surface area contributed by atoms with Gasteiger partial charge in [0.1, 0.15) is 0 Å². The molecule has 1 aliphatic heterocycles. The lowest BCUT2D eigenvalue weighted by molar-refractivity contribution is -0.120. The summed E-state index contributed by atoms with van der Waals surface area (Å²) in [6.45, 7) is 0.660. The van der Waals surface area contributed by atoms with Crippen LogP contribution in [-0.4, -0.2) is 17.7 Å². The number of ether oxygens (including phenoxy) is 2. The van der Waals surface area contributed by atoms with E-state index in [1.165, 1.54) is 11.3 Å². The van der Waals surface area contributed by atoms with Gasteiger partial charge in [0.05, 0.1) is 12.1 Å². The monoisotopic (exact) mass is 401 g/mol. The largest absolute Gasteiger partial charge is 0.454 e. The van der Waals surface area contributed by atoms with Crippen molar-refractivity contribution < 1.29 is 14.3 Å². The second kappa shape index (κ2) is 7.85. The molecule has 8 heteroatoms. The highest BCUT2D eigenvalue weighted by Gasteiger charge is 2.14. The average molecular weight is 402 g/mol. The molecule has 27 heavy (non-hydrogen) atoms. The van der Waals surface area contributed by atoms with Crippen LogP contribution in [0, 0.1) is 0 Å². The predicted molar refractivity (Wildman–Crippen MR) is 105 cm³/mol. The molecule has 0 atom stereocenters. The van der Waals surface area contributed by atoms with Crippen molar-refractivity contribution in [2.45, 2.75) is 13.0 Å². The standard InChI is InChI=1S/C19H16ClN3O3S/c20-13-2-1-3-14(7-13)22-19-23-15(10-27-19)8-18(24)21-9-12-4-5-16-17(6-12)26-11-25-16/h1-7,10H,8-9,11H2,(H,21,24)(H,22,23). The fraction of sp³-hybridized carbons (Fsp3) is 0.158. The van der Waals surface area contributed by atoms with Gasteiger partial charge in [0, 0.05) is 22.6 Å². The zero-order valence-electron chi connectivity index (χ0n) is 14.2. The van der Waals surface area contributed by atoms with Crippen molar-refractivity contribution in [3.63, 3.8) is 0 Å². The number of anilines is 2. The number of aromatic nitrogens is 1. The topological polar surface area (TPSA) is 72.5 Å². The van der Waals surface area contributed by atoms with Gasteiger partial charge < -0.3 is 20.1 Å². The number of thiazole rings is 1. The molecule has 138 valence electrons. The average Bonchev–Trinajstić information content (AvgIpc) is 3.29. The third-order valence-corrected chi connectivity index (χ3v) is 4.94. The van der Waals surface area contributed by atoms with Crippen LogP contribution in [0.2, 0.25) is 5.02 Å². The van der Waals surface area contributed by atoms with E-state index >= 15 is 0 Å². The molecular formula is C19H16ClN3O3S. The first-order valence-electron chi connectivity index (χ1n) is 8.28. The molecular weight excluding hydrogens is 386 g/mol. The molecule has 1 aromatic heterocycles. The Kier molecular flexibility index (Phi) is 5.13. The van der Waals surface area contributed by atoms with Gasteiger partial charge in [-0.05, 0) is 35.9 Å². The molecule has 3 aromatic rings. The number of hydrogen-bond donors (Lipinski definition) is 2. The van der Waals surface area contributed by atoms with E-state index in [1.54, 1.807) is 0 Å². The van der Waals surface area contributed by atoms with Crippen LogP contribution in [0.25, 0.3) is 0 Å². The first-order chi connectivity index (χ1) is 13.2. The normalized spacial score (nSPS) is 12.0. The molecule has 0 radical (unpaired) electrons. The molecule has 0 saturated carbocycles. The number of nitrogens with one attached hydrogen (secondary N) is 2. The molecule has 4 rings (SSSR count). The number of carbonyl (C=O) groups excluding carboxylic acids is 1. The molecule has 2 aromatic carbocycles. The van der Waals surface area contributed by atoms with Crippen LogP contribution in [0.3, 0.4) is 0 Å². The summed E-state index contributed by atoms with van der Waals surface area (Å²) in [4.78, 5) is 16.6. The minimum absolute atomic E-state index is 0.0905. The maximum Gasteiger partial charge on any atom is 0.231 e. The molecule has 0 unspecified atom stereocenters. The second-order valence-corrected chi connectivity index (χ2v) is 7.22. The number of halogens is 1. The Balaban J connectivity index is 1.30. The van der Waals surface area contributed by atoms with Crippen molar-refractivity contribution in [3.8, 4) is 11.5 Å². The smallest absolute Gasteiger partial charge is 0.231 e. The van der Waals surface area contributed by atoms with Crippen molar-refractivity contribution in [1.29, 1.82) is 0 Å². The summed E-state index contributed by atoms with van der Waals surface area (Å²) in [7, 11) is 0. The molecule has 2 N–H and O–H groups in total. The third-order valence-electron chi connectivity index (χ3n) is 3.90. The number of amides is 1. The zero-order valence-corrected chi connectivity index (χ0v) is 15.8. The fourth-order valence-corrected chi connectivity index (χ4v) is 3.53. The van der Waals surface area contributed by atoms with Crippen LogP contribution in [0.5, 0.6) is 11.5 Å². The molecule has 2 heterocycles. The van der Waals surface area contributed by atoms with Gasteiger partial charge in [-0.25, -0.2) is 4.98 Å². The van der Waals surface area contributed by atoms with Crippen LogP contribution in [-0.2, 0) is 17.8 Å². The number of carbonyl (C=O) groups is 1. The lowest BCUT2D eigenvalue weighted by Crippen LogP contribution is -2.24. The van der Waals surface area contributed by atoms with E-state index in [0.29, 0.717) is 23.0 Å². The summed E-state index contributed by atoms with van der Waals surface area (Å²) in [6.07, 6.45) is 0.221. The highest BCUT2D eigenvalue weighted by molar-refractivity contribution is 7.13. The number of rotatable bonds is 6. The first kappa shape index (κ1) is 17.6. The predicted octanol–water partition coefficient (Wildman–Crippen LogP) is 4.13. The molecule has 0 aliphatic carbocycles. The van der Waals surface area contributed by atoms with Crippen LogP contribution in [0.1, 0.15) is 11.3 Å². The van der Waals surface area contributed by atoms with Crippen LogP contribution in [0.4, 0.5) is 10.8 Å². The van der Waals surface area contributed by atoms with Crippen LogP contribution in [0.15, 0.2) is 47.8 Å². The van der Waals surface area contributed by atoms with E-state index in [0.717, 1.165) is 22.1 Å². The van der Waals surface area contributed by atoms with Gasteiger partial charge >= 0.3 is 0 Å². The van der Waals surface area contributed by atoms with Gasteiger partial charge in [-0.1, -0.05) is 23.7 Å². The first-order valence-corrected chi connectivity index (χ1v) is 9.54. The Labute approximate surface area is 165 Å². The van der Waals surface area contributed by atoms with E-state index in [1.807, 2.05) is 47.8 Å². The highest BCUT2D eigenvalue weighted by atomic mass is 35.5. The van der Waals surface area contributed by atoms with E-state index in [2.05, 4.69) is 15.6 Å². The summed E-state index contributed by atoms with van der Waals surface area (Å²) in [5, 5.41) is 9.32. The summed E-state index contributed by atoms with van der Waals surface area (Å²) in [5.74, 6) is 1.34. The molecule has 0 saturated heterocycles. The Morgan fingerprint density at radius 2 is 2.07 bits per heavy atom. The van der Waals surface area contributed by atoms with Crippen molar-refractivity contribution in [1.82, 2.24) is 10.3 Å². The third kappa shape index (κ3) is 4.50. The fourth-order valence-electron chi connectivity index (χ4n) is 2.61. The maximum absolute atomic E-state index is 12.2. The van der Waals surface area contributed by atoms with E-state index in [9.17, 15) is 4.79 Å². The molecule has 0 spiro atoms. The summed E-state index contributed by atoms with van der Waals surface area (Å²) in [5.41, 5.74) is 2.53. The minimum atomic E-state index is -0.0905. The number of fused-ring (bicyclic) bond motifs is 1. The maximum atomic E-state index is 12.2. The number of hydrogen-bond acceptors (Lipinski definition) is 6. The summed E-state index contributed by atoms with van der Waals surface area (Å²) >= 11 is 7.42. The van der Waals surface area contributed by atoms with E-state index in [-0.39, 0.29) is 19.1 Å². The van der Waals surface area contributed by atoms with E-state index < -0.39 is 0 Å². The molecule has 1 amide bonds. The van der Waals surface area contributed by atoms with Gasteiger partial charge in [0.25, 0.3) is 0 Å². The molecule has 6 nitrogen and oxygen atoms in total. The second-order valence-electron chi connectivity index (χ2n) is 5.92. The van der Waals surface area contributed by atoms with Crippen molar-refractivity contribution in [2.24, 2.45) is 0 Å². The Morgan fingerprint density at radius 1 is 1.19 bits per heavy atom. The quantitative estimate of drug-likeness (QED) is 0.649. The molecule has 0 bridgehead atoms. The van der Waals surface area contributed by atoms with Gasteiger partial charge in [-0.2, -0.15) is 0 Å². The lowest BCUT2D eigenvalue weighted by Gasteiger charge is -2.05. The zero-order chi connectivity index (χ0) is 18.6. The minimum Gasteiger partial charge on any atom is -0.454 e. The van der Waals surface area contributed by atoms with Crippen molar-refractivity contribution in [2.75, 3.05) is 12.1 Å². The van der Waals surface area contributed by atoms with Crippen molar-refractivity contribution in [3.05, 3.63) is 64.1 Å². The molecule has 0 fully saturated rings. The Morgan fingerprint density at radius 3 is 2.96 bits per heavy atom.